The second kappa shape index (κ2) is 8.65. The van der Waals surface area contributed by atoms with E-state index in [1.807, 2.05) is 0 Å². The molecule has 0 aliphatic carbocycles. The van der Waals surface area contributed by atoms with Crippen molar-refractivity contribution in [3.05, 3.63) is 0 Å². The van der Waals surface area contributed by atoms with Crippen LogP contribution in [0.1, 0.15) is 33.1 Å². The van der Waals surface area contributed by atoms with Gasteiger partial charge in [0.25, 0.3) is 5.91 Å². The van der Waals surface area contributed by atoms with Gasteiger partial charge in [0.05, 0.1) is 13.2 Å². The summed E-state index contributed by atoms with van der Waals surface area (Å²) < 4.78 is 4.59. The zero-order valence-corrected chi connectivity index (χ0v) is 12.3. The van der Waals surface area contributed by atoms with Crippen molar-refractivity contribution in [2.45, 2.75) is 44.7 Å². The van der Waals surface area contributed by atoms with E-state index in [2.05, 4.69) is 10.1 Å². The van der Waals surface area contributed by atoms with E-state index in [0.29, 0.717) is 19.4 Å². The van der Waals surface area contributed by atoms with E-state index >= 15 is 0 Å². The molecule has 0 aromatic heterocycles. The van der Waals surface area contributed by atoms with E-state index in [1.54, 1.807) is 20.1 Å². The van der Waals surface area contributed by atoms with E-state index in [-0.39, 0.29) is 12.3 Å². The van der Waals surface area contributed by atoms with Crippen molar-refractivity contribution in [1.29, 1.82) is 0 Å². The average Bonchev–Trinajstić information content (AvgIpc) is 2.42. The number of amides is 1. The van der Waals surface area contributed by atoms with Crippen molar-refractivity contribution in [2.24, 2.45) is 17.4 Å². The first-order valence-corrected chi connectivity index (χ1v) is 6.59. The lowest BCUT2D eigenvalue weighted by Gasteiger charge is -2.27. The van der Waals surface area contributed by atoms with Crippen LogP contribution >= 0.6 is 0 Å². The van der Waals surface area contributed by atoms with Crippen LogP contribution in [0.15, 0.2) is 0 Å². The van der Waals surface area contributed by atoms with Crippen LogP contribution in [0.3, 0.4) is 0 Å². The molecule has 1 radical (unpaired) electrons. The van der Waals surface area contributed by atoms with Crippen molar-refractivity contribution >= 4 is 18.2 Å². The summed E-state index contributed by atoms with van der Waals surface area (Å²) in [5.41, 5.74) is 9.45. The molecule has 0 spiro atoms. The lowest BCUT2D eigenvalue weighted by atomic mass is 9.91. The Morgan fingerprint density at radius 1 is 1.35 bits per heavy atom. The van der Waals surface area contributed by atoms with Crippen LogP contribution in [0, 0.1) is 5.92 Å². The summed E-state index contributed by atoms with van der Waals surface area (Å²) >= 11 is 0. The molecule has 0 bridgehead atoms. The van der Waals surface area contributed by atoms with Crippen molar-refractivity contribution < 1.29 is 19.1 Å². The SMILES string of the molecule is COC(=O)[C@](N)(CCCCN)C(=O)N[C@H]([C]=O)C(C)C. The Labute approximate surface area is 119 Å². The number of hydrogen-bond acceptors (Lipinski definition) is 6. The molecule has 0 heterocycles. The molecule has 0 unspecified atom stereocenters. The van der Waals surface area contributed by atoms with Gasteiger partial charge in [-0.3, -0.25) is 9.59 Å². The predicted octanol–water partition coefficient (Wildman–Crippen LogP) is -0.764. The maximum atomic E-state index is 12.2. The Kier molecular flexibility index (Phi) is 8.02. The van der Waals surface area contributed by atoms with Crippen LogP contribution in [-0.4, -0.2) is 43.4 Å². The van der Waals surface area contributed by atoms with Gasteiger partial charge < -0.3 is 21.5 Å². The summed E-state index contributed by atoms with van der Waals surface area (Å²) in [6.45, 7) is 3.94. The highest BCUT2D eigenvalue weighted by Gasteiger charge is 2.43. The molecule has 1 amide bonds. The molecule has 0 rings (SSSR count). The summed E-state index contributed by atoms with van der Waals surface area (Å²) in [6, 6.07) is -0.815. The Bertz CT molecular complexity index is 347. The van der Waals surface area contributed by atoms with Gasteiger partial charge in [-0.2, -0.15) is 0 Å². The number of unbranched alkanes of at least 4 members (excludes halogenated alkanes) is 1. The predicted molar refractivity (Wildman–Crippen MR) is 74.3 cm³/mol. The molecule has 20 heavy (non-hydrogen) atoms. The Hall–Kier alpha value is -1.47. The Balaban J connectivity index is 4.97. The third-order valence-electron chi connectivity index (χ3n) is 3.06. The van der Waals surface area contributed by atoms with Crippen molar-refractivity contribution in [2.75, 3.05) is 13.7 Å². The van der Waals surface area contributed by atoms with Crippen LogP contribution in [0.5, 0.6) is 0 Å². The lowest BCUT2D eigenvalue weighted by molar-refractivity contribution is -0.152. The number of nitrogens with two attached hydrogens (primary N) is 2. The van der Waals surface area contributed by atoms with Gasteiger partial charge in [-0.15, -0.1) is 0 Å². The molecule has 0 aliphatic heterocycles. The highest BCUT2D eigenvalue weighted by molar-refractivity contribution is 6.07. The van der Waals surface area contributed by atoms with Gasteiger partial charge in [-0.25, -0.2) is 4.79 Å². The maximum absolute atomic E-state index is 12.2. The fraction of sp³-hybridized carbons (Fsp3) is 0.769. The minimum Gasteiger partial charge on any atom is -0.467 e. The third kappa shape index (κ3) is 4.90. The minimum atomic E-state index is -1.81. The molecule has 0 aromatic carbocycles. The van der Waals surface area contributed by atoms with Crippen LogP contribution in [0.25, 0.3) is 0 Å². The first-order valence-electron chi connectivity index (χ1n) is 6.59. The van der Waals surface area contributed by atoms with Gasteiger partial charge in [-0.1, -0.05) is 13.8 Å². The largest absolute Gasteiger partial charge is 0.467 e. The fourth-order valence-electron chi connectivity index (χ4n) is 1.64. The number of rotatable bonds is 9. The molecule has 115 valence electrons. The Morgan fingerprint density at radius 3 is 2.35 bits per heavy atom. The fourth-order valence-corrected chi connectivity index (χ4v) is 1.64. The topological polar surface area (TPSA) is 125 Å². The van der Waals surface area contributed by atoms with E-state index in [9.17, 15) is 14.4 Å². The van der Waals surface area contributed by atoms with Gasteiger partial charge >= 0.3 is 5.97 Å². The number of nitrogens with one attached hydrogen (secondary N) is 1. The number of carbonyl (C=O) groups is 2. The second-order valence-corrected chi connectivity index (χ2v) is 5.02. The van der Waals surface area contributed by atoms with E-state index in [1.165, 1.54) is 0 Å². The molecule has 7 nitrogen and oxygen atoms in total. The molecule has 0 saturated carbocycles. The van der Waals surface area contributed by atoms with E-state index in [4.69, 9.17) is 11.5 Å². The first-order chi connectivity index (χ1) is 9.33. The molecule has 0 aromatic rings. The molecule has 5 N–H and O–H groups in total. The second-order valence-electron chi connectivity index (χ2n) is 5.02. The molecule has 0 saturated heterocycles. The highest BCUT2D eigenvalue weighted by atomic mass is 16.5. The summed E-state index contributed by atoms with van der Waals surface area (Å²) in [7, 11) is 1.16. The number of esters is 1. The van der Waals surface area contributed by atoms with Gasteiger partial charge in [0, 0.05) is 0 Å². The molecule has 7 heteroatoms. The summed E-state index contributed by atoms with van der Waals surface area (Å²) in [6.07, 6.45) is 2.96. The normalized spacial score (nSPS) is 15.3. The van der Waals surface area contributed by atoms with E-state index < -0.39 is 23.5 Å². The van der Waals surface area contributed by atoms with Gasteiger partial charge in [0.15, 0.2) is 5.54 Å². The summed E-state index contributed by atoms with van der Waals surface area (Å²) in [5.74, 6) is -1.72. The van der Waals surface area contributed by atoms with Crippen LogP contribution in [-0.2, 0) is 19.1 Å². The maximum Gasteiger partial charge on any atom is 0.335 e. The molecule has 2 atom stereocenters. The number of hydrogen-bond donors (Lipinski definition) is 3. The zero-order chi connectivity index (χ0) is 15.8. The number of methoxy groups -OCH3 is 1. The molecule has 0 aliphatic rings. The van der Waals surface area contributed by atoms with Crippen LogP contribution in [0.4, 0.5) is 0 Å². The third-order valence-corrected chi connectivity index (χ3v) is 3.06. The summed E-state index contributed by atoms with van der Waals surface area (Å²) in [5, 5.41) is 2.43. The van der Waals surface area contributed by atoms with Gasteiger partial charge in [-0.05, 0) is 31.7 Å². The monoisotopic (exact) mass is 286 g/mol. The van der Waals surface area contributed by atoms with Crippen molar-refractivity contribution in [1.82, 2.24) is 5.32 Å². The van der Waals surface area contributed by atoms with Crippen molar-refractivity contribution in [3.63, 3.8) is 0 Å². The first kappa shape index (κ1) is 18.5. The van der Waals surface area contributed by atoms with E-state index in [0.717, 1.165) is 7.11 Å². The highest BCUT2D eigenvalue weighted by Crippen LogP contribution is 2.15. The minimum absolute atomic E-state index is 0.104. The Morgan fingerprint density at radius 2 is 1.95 bits per heavy atom. The molecular formula is C13H24N3O4. The van der Waals surface area contributed by atoms with Gasteiger partial charge in [0.2, 0.25) is 6.29 Å². The summed E-state index contributed by atoms with van der Waals surface area (Å²) in [4.78, 5) is 34.8. The molecular weight excluding hydrogens is 262 g/mol. The van der Waals surface area contributed by atoms with Crippen LogP contribution < -0.4 is 16.8 Å². The molecule has 0 fully saturated rings. The van der Waals surface area contributed by atoms with Gasteiger partial charge in [0.1, 0.15) is 0 Å². The standard InChI is InChI=1S/C13H24N3O4/c1-9(2)10(8-17)16-11(18)13(15,12(19)20-3)6-4-5-7-14/h9-10H,4-7,14-15H2,1-3H3,(H,16,18)/t10-,13+/m1/s1. The zero-order valence-electron chi connectivity index (χ0n) is 12.3. The average molecular weight is 286 g/mol. The lowest BCUT2D eigenvalue weighted by Crippen LogP contribution is -2.62. The quantitative estimate of drug-likeness (QED) is 0.290. The van der Waals surface area contributed by atoms with Crippen molar-refractivity contribution in [3.8, 4) is 0 Å². The van der Waals surface area contributed by atoms with Crippen LogP contribution in [0.2, 0.25) is 0 Å². The number of ether oxygens (including phenoxy) is 1. The number of carbonyl (C=O) groups excluding carboxylic acids is 3. The smallest absolute Gasteiger partial charge is 0.335 e.